The summed E-state index contributed by atoms with van der Waals surface area (Å²) in [6.07, 6.45) is -1.62. The highest BCUT2D eigenvalue weighted by Crippen LogP contribution is 2.21. The summed E-state index contributed by atoms with van der Waals surface area (Å²) in [5, 5.41) is 18.8. The minimum Gasteiger partial charge on any atom is -0.494 e. The van der Waals surface area contributed by atoms with Gasteiger partial charge in [0.1, 0.15) is 11.9 Å². The third-order valence-corrected chi connectivity index (χ3v) is 1.97. The molecule has 1 rings (SSSR count). The summed E-state index contributed by atoms with van der Waals surface area (Å²) in [6, 6.07) is 7.12. The van der Waals surface area contributed by atoms with Gasteiger partial charge in [0.2, 0.25) is 0 Å². The van der Waals surface area contributed by atoms with Gasteiger partial charge in [0, 0.05) is 0 Å². The summed E-state index contributed by atoms with van der Waals surface area (Å²) in [5.74, 6) is 0.713. The van der Waals surface area contributed by atoms with Gasteiger partial charge in [-0.05, 0) is 31.5 Å². The SMILES string of the molecule is CCOc1cccc(C(O)C(C)O)c1. The van der Waals surface area contributed by atoms with Gasteiger partial charge in [0.25, 0.3) is 0 Å². The summed E-state index contributed by atoms with van der Waals surface area (Å²) in [6.45, 7) is 4.05. The molecule has 0 aliphatic rings. The predicted octanol–water partition coefficient (Wildman–Crippen LogP) is 1.50. The first-order valence-corrected chi connectivity index (χ1v) is 4.74. The smallest absolute Gasteiger partial charge is 0.119 e. The summed E-state index contributed by atoms with van der Waals surface area (Å²) in [4.78, 5) is 0. The van der Waals surface area contributed by atoms with Gasteiger partial charge in [-0.3, -0.25) is 0 Å². The van der Waals surface area contributed by atoms with Crippen molar-refractivity contribution in [2.45, 2.75) is 26.1 Å². The zero-order valence-electron chi connectivity index (χ0n) is 8.47. The van der Waals surface area contributed by atoms with E-state index in [1.807, 2.05) is 13.0 Å². The standard InChI is InChI=1S/C11H16O3/c1-3-14-10-6-4-5-9(7-10)11(13)8(2)12/h4-8,11-13H,3H2,1-2H3. The molecule has 0 amide bonds. The number of aliphatic hydroxyl groups excluding tert-OH is 2. The maximum atomic E-state index is 9.58. The molecule has 1 aromatic rings. The highest BCUT2D eigenvalue weighted by atomic mass is 16.5. The molecule has 0 aliphatic heterocycles. The van der Waals surface area contributed by atoms with E-state index in [9.17, 15) is 10.2 Å². The summed E-state index contributed by atoms with van der Waals surface area (Å²) >= 11 is 0. The molecular formula is C11H16O3. The Kier molecular flexibility index (Phi) is 3.92. The van der Waals surface area contributed by atoms with Crippen LogP contribution >= 0.6 is 0 Å². The maximum Gasteiger partial charge on any atom is 0.119 e. The van der Waals surface area contributed by atoms with E-state index < -0.39 is 12.2 Å². The molecule has 0 heterocycles. The molecule has 0 saturated heterocycles. The fourth-order valence-corrected chi connectivity index (χ4v) is 1.23. The third kappa shape index (κ3) is 2.72. The second-order valence-corrected chi connectivity index (χ2v) is 3.19. The van der Waals surface area contributed by atoms with Crippen LogP contribution in [-0.4, -0.2) is 22.9 Å². The molecule has 78 valence electrons. The number of rotatable bonds is 4. The highest BCUT2D eigenvalue weighted by Gasteiger charge is 2.13. The first-order chi connectivity index (χ1) is 6.65. The maximum absolute atomic E-state index is 9.58. The quantitative estimate of drug-likeness (QED) is 0.767. The van der Waals surface area contributed by atoms with Gasteiger partial charge in [-0.15, -0.1) is 0 Å². The zero-order valence-corrected chi connectivity index (χ0v) is 8.47. The fourth-order valence-electron chi connectivity index (χ4n) is 1.23. The molecule has 0 aromatic heterocycles. The lowest BCUT2D eigenvalue weighted by atomic mass is 10.1. The summed E-state index contributed by atoms with van der Waals surface area (Å²) < 4.78 is 5.28. The molecule has 2 unspecified atom stereocenters. The van der Waals surface area contributed by atoms with Crippen molar-refractivity contribution in [2.75, 3.05) is 6.61 Å². The van der Waals surface area contributed by atoms with Gasteiger partial charge < -0.3 is 14.9 Å². The monoisotopic (exact) mass is 196 g/mol. The van der Waals surface area contributed by atoms with E-state index in [0.717, 1.165) is 0 Å². The van der Waals surface area contributed by atoms with Crippen LogP contribution in [0.1, 0.15) is 25.5 Å². The Bertz CT molecular complexity index is 284. The Hall–Kier alpha value is -1.06. The Morgan fingerprint density at radius 3 is 2.64 bits per heavy atom. The molecule has 2 N–H and O–H groups in total. The Balaban J connectivity index is 2.82. The first kappa shape index (κ1) is 11.0. The van der Waals surface area contributed by atoms with E-state index in [1.165, 1.54) is 0 Å². The van der Waals surface area contributed by atoms with Crippen molar-refractivity contribution in [2.24, 2.45) is 0 Å². The third-order valence-electron chi connectivity index (χ3n) is 1.97. The Morgan fingerprint density at radius 1 is 1.36 bits per heavy atom. The average molecular weight is 196 g/mol. The Labute approximate surface area is 84.0 Å². The van der Waals surface area contributed by atoms with Gasteiger partial charge in [-0.2, -0.15) is 0 Å². The van der Waals surface area contributed by atoms with Gasteiger partial charge in [-0.1, -0.05) is 12.1 Å². The van der Waals surface area contributed by atoms with E-state index in [2.05, 4.69) is 0 Å². The second-order valence-electron chi connectivity index (χ2n) is 3.19. The van der Waals surface area contributed by atoms with E-state index in [4.69, 9.17) is 4.74 Å². The molecule has 1 aromatic carbocycles. The average Bonchev–Trinajstić information content (AvgIpc) is 2.17. The van der Waals surface area contributed by atoms with Crippen LogP contribution in [-0.2, 0) is 0 Å². The molecule has 3 heteroatoms. The molecule has 0 radical (unpaired) electrons. The van der Waals surface area contributed by atoms with Crippen LogP contribution in [0.3, 0.4) is 0 Å². The normalized spacial score (nSPS) is 14.9. The second kappa shape index (κ2) is 4.98. The highest BCUT2D eigenvalue weighted by molar-refractivity contribution is 5.30. The van der Waals surface area contributed by atoms with Crippen molar-refractivity contribution < 1.29 is 14.9 Å². The van der Waals surface area contributed by atoms with Crippen molar-refractivity contribution in [1.82, 2.24) is 0 Å². The zero-order chi connectivity index (χ0) is 10.6. The lowest BCUT2D eigenvalue weighted by molar-refractivity contribution is 0.0304. The van der Waals surface area contributed by atoms with E-state index in [1.54, 1.807) is 25.1 Å². The molecular weight excluding hydrogens is 180 g/mol. The van der Waals surface area contributed by atoms with Gasteiger partial charge in [0.15, 0.2) is 0 Å². The lowest BCUT2D eigenvalue weighted by Crippen LogP contribution is -2.13. The molecule has 3 nitrogen and oxygen atoms in total. The van der Waals surface area contributed by atoms with Crippen LogP contribution in [0, 0.1) is 0 Å². The summed E-state index contributed by atoms with van der Waals surface area (Å²) in [7, 11) is 0. The minimum absolute atomic E-state index is 0.591. The van der Waals surface area contributed by atoms with Crippen molar-refractivity contribution in [3.63, 3.8) is 0 Å². The summed E-state index contributed by atoms with van der Waals surface area (Å²) in [5.41, 5.74) is 0.672. The largest absolute Gasteiger partial charge is 0.494 e. The van der Waals surface area contributed by atoms with Crippen LogP contribution in [0.5, 0.6) is 5.75 Å². The van der Waals surface area contributed by atoms with Crippen molar-refractivity contribution in [1.29, 1.82) is 0 Å². The topological polar surface area (TPSA) is 49.7 Å². The van der Waals surface area contributed by atoms with Crippen LogP contribution in [0.25, 0.3) is 0 Å². The van der Waals surface area contributed by atoms with Crippen LogP contribution < -0.4 is 4.74 Å². The van der Waals surface area contributed by atoms with E-state index in [0.29, 0.717) is 17.9 Å². The molecule has 0 spiro atoms. The number of hydrogen-bond acceptors (Lipinski definition) is 3. The van der Waals surface area contributed by atoms with Crippen molar-refractivity contribution in [3.8, 4) is 5.75 Å². The molecule has 0 aliphatic carbocycles. The number of hydrogen-bond donors (Lipinski definition) is 2. The molecule has 0 saturated carbocycles. The number of aliphatic hydroxyl groups is 2. The van der Waals surface area contributed by atoms with Crippen molar-refractivity contribution in [3.05, 3.63) is 29.8 Å². The van der Waals surface area contributed by atoms with Crippen molar-refractivity contribution >= 4 is 0 Å². The van der Waals surface area contributed by atoms with Crippen LogP contribution in [0.4, 0.5) is 0 Å². The van der Waals surface area contributed by atoms with E-state index >= 15 is 0 Å². The minimum atomic E-state index is -0.851. The fraction of sp³-hybridized carbons (Fsp3) is 0.455. The molecule has 14 heavy (non-hydrogen) atoms. The number of benzene rings is 1. The van der Waals surface area contributed by atoms with Gasteiger partial charge in [0.05, 0.1) is 12.7 Å². The lowest BCUT2D eigenvalue weighted by Gasteiger charge is -2.14. The predicted molar refractivity (Wildman–Crippen MR) is 54.3 cm³/mol. The van der Waals surface area contributed by atoms with Crippen LogP contribution in [0.15, 0.2) is 24.3 Å². The van der Waals surface area contributed by atoms with Gasteiger partial charge >= 0.3 is 0 Å². The first-order valence-electron chi connectivity index (χ1n) is 4.74. The van der Waals surface area contributed by atoms with E-state index in [-0.39, 0.29) is 0 Å². The number of ether oxygens (including phenoxy) is 1. The van der Waals surface area contributed by atoms with Gasteiger partial charge in [-0.25, -0.2) is 0 Å². The Morgan fingerprint density at radius 2 is 2.07 bits per heavy atom. The molecule has 0 bridgehead atoms. The van der Waals surface area contributed by atoms with Crippen LogP contribution in [0.2, 0.25) is 0 Å². The molecule has 2 atom stereocenters. The molecule has 0 fully saturated rings.